The van der Waals surface area contributed by atoms with Crippen LogP contribution in [-0.2, 0) is 16.6 Å². The van der Waals surface area contributed by atoms with Crippen molar-refractivity contribution in [1.82, 2.24) is 14.8 Å². The number of thioether (sulfide) groups is 1. The quantitative estimate of drug-likeness (QED) is 0.529. The molecule has 0 saturated heterocycles. The molecule has 136 valence electrons. The van der Waals surface area contributed by atoms with Gasteiger partial charge in [0, 0.05) is 17.8 Å². The summed E-state index contributed by atoms with van der Waals surface area (Å²) in [5.41, 5.74) is 0.558. The fourth-order valence-corrected chi connectivity index (χ4v) is 3.70. The minimum absolute atomic E-state index is 0.130. The van der Waals surface area contributed by atoms with Crippen molar-refractivity contribution in [3.05, 3.63) is 40.3 Å². The van der Waals surface area contributed by atoms with Crippen molar-refractivity contribution in [3.63, 3.8) is 0 Å². The summed E-state index contributed by atoms with van der Waals surface area (Å²) < 4.78 is 26.2. The third-order valence-electron chi connectivity index (χ3n) is 3.29. The second kappa shape index (κ2) is 7.87. The van der Waals surface area contributed by atoms with Gasteiger partial charge in [-0.1, -0.05) is 18.7 Å². The Morgan fingerprint density at radius 1 is 1.36 bits per heavy atom. The highest BCUT2D eigenvalue weighted by Crippen LogP contribution is 2.24. The molecule has 2 rings (SSSR count). The molecule has 0 spiro atoms. The Morgan fingerprint density at radius 2 is 2.00 bits per heavy atom. The lowest BCUT2D eigenvalue weighted by atomic mass is 10.1. The third kappa shape index (κ3) is 5.20. The Labute approximate surface area is 150 Å². The van der Waals surface area contributed by atoms with Crippen molar-refractivity contribution in [2.24, 2.45) is 0 Å². The van der Waals surface area contributed by atoms with Gasteiger partial charge in [-0.05, 0) is 37.6 Å². The Hall–Kier alpha value is -2.07. The van der Waals surface area contributed by atoms with Crippen LogP contribution in [0.25, 0.3) is 0 Å². The molecule has 0 aliphatic carbocycles. The normalized spacial score (nSPS) is 12.8. The Balaban J connectivity index is 2.11. The number of nitrogens with one attached hydrogen (secondary N) is 2. The zero-order chi connectivity index (χ0) is 18.6. The van der Waals surface area contributed by atoms with Gasteiger partial charge >= 0.3 is 5.69 Å². The fourth-order valence-electron chi connectivity index (χ4n) is 2.18. The van der Waals surface area contributed by atoms with Crippen LogP contribution in [0.5, 0.6) is 0 Å². The number of aromatic nitrogens is 3. The molecule has 2 N–H and O–H groups in total. The highest BCUT2D eigenvalue weighted by Gasteiger charge is 2.20. The lowest BCUT2D eigenvalue weighted by Crippen LogP contribution is -2.19. The maximum Gasteiger partial charge on any atom is 0.343 e. The molecule has 10 heteroatoms. The number of benzene rings is 1. The average molecular weight is 384 g/mol. The van der Waals surface area contributed by atoms with Gasteiger partial charge in [0.05, 0.1) is 11.5 Å². The topological polar surface area (TPSA) is 114 Å². The van der Waals surface area contributed by atoms with Crippen LogP contribution in [0.3, 0.4) is 0 Å². The highest BCUT2D eigenvalue weighted by molar-refractivity contribution is 8.00. The van der Waals surface area contributed by atoms with Gasteiger partial charge in [-0.25, -0.2) is 18.3 Å². The van der Waals surface area contributed by atoms with Gasteiger partial charge in [0.1, 0.15) is 0 Å². The number of ketones is 1. The van der Waals surface area contributed by atoms with Gasteiger partial charge in [-0.2, -0.15) is 0 Å². The van der Waals surface area contributed by atoms with Gasteiger partial charge in [0.2, 0.25) is 10.0 Å². The first kappa shape index (κ1) is 19.3. The van der Waals surface area contributed by atoms with E-state index in [-0.39, 0.29) is 11.5 Å². The molecule has 0 radical (unpaired) electrons. The first-order chi connectivity index (χ1) is 11.7. The summed E-state index contributed by atoms with van der Waals surface area (Å²) in [5, 5.41) is 6.39. The number of Topliss-reactive ketones (excluding diaryl/α,β-unsaturated/α-hetero) is 1. The van der Waals surface area contributed by atoms with E-state index >= 15 is 0 Å². The van der Waals surface area contributed by atoms with Crippen molar-refractivity contribution in [3.8, 4) is 0 Å². The maximum atomic E-state index is 12.5. The molecule has 0 amide bonds. The lowest BCUT2D eigenvalue weighted by molar-refractivity contribution is 0.0994. The van der Waals surface area contributed by atoms with Crippen LogP contribution in [-0.4, -0.2) is 40.5 Å². The number of carbonyl (C=O) groups is 1. The van der Waals surface area contributed by atoms with Crippen LogP contribution in [0.15, 0.2) is 34.2 Å². The Bertz CT molecular complexity index is 900. The van der Waals surface area contributed by atoms with E-state index in [0.717, 1.165) is 12.7 Å². The molecule has 1 unspecified atom stereocenters. The molecule has 0 aliphatic rings. The van der Waals surface area contributed by atoms with Crippen LogP contribution in [0.2, 0.25) is 0 Å². The van der Waals surface area contributed by atoms with Crippen molar-refractivity contribution in [2.75, 3.05) is 11.0 Å². The van der Waals surface area contributed by atoms with Crippen LogP contribution < -0.4 is 10.4 Å². The number of nitrogens with zero attached hydrogens (tertiary/aromatic N) is 2. The first-order valence-corrected chi connectivity index (χ1v) is 10.4. The van der Waals surface area contributed by atoms with E-state index in [1.807, 2.05) is 6.92 Å². The minimum Gasteiger partial charge on any atom is -0.293 e. The van der Waals surface area contributed by atoms with E-state index in [2.05, 4.69) is 14.9 Å². The Morgan fingerprint density at radius 3 is 2.56 bits per heavy atom. The highest BCUT2D eigenvalue weighted by atomic mass is 32.2. The van der Waals surface area contributed by atoms with Crippen molar-refractivity contribution in [1.29, 1.82) is 0 Å². The summed E-state index contributed by atoms with van der Waals surface area (Å²) in [6, 6.07) is 6.20. The summed E-state index contributed by atoms with van der Waals surface area (Å²) in [6.45, 7) is 4.23. The van der Waals surface area contributed by atoms with Gasteiger partial charge in [-0.15, -0.1) is 5.10 Å². The summed E-state index contributed by atoms with van der Waals surface area (Å²) in [4.78, 5) is 24.2. The van der Waals surface area contributed by atoms with Gasteiger partial charge in [-0.3, -0.25) is 14.1 Å². The van der Waals surface area contributed by atoms with Crippen molar-refractivity contribution >= 4 is 33.3 Å². The minimum atomic E-state index is -3.36. The number of H-pyrrole nitrogens is 1. The van der Waals surface area contributed by atoms with Crippen molar-refractivity contribution < 1.29 is 13.2 Å². The van der Waals surface area contributed by atoms with E-state index < -0.39 is 15.3 Å². The van der Waals surface area contributed by atoms with Crippen LogP contribution in [0, 0.1) is 0 Å². The molecular weight excluding hydrogens is 364 g/mol. The predicted octanol–water partition coefficient (Wildman–Crippen LogP) is 1.72. The number of anilines is 1. The third-order valence-corrected chi connectivity index (χ3v) is 4.99. The molecule has 2 aromatic rings. The summed E-state index contributed by atoms with van der Waals surface area (Å²) in [7, 11) is -3.36. The summed E-state index contributed by atoms with van der Waals surface area (Å²) >= 11 is 1.21. The standard InChI is InChI=1S/C15H20N4O4S2/c1-4-9-19-14(21)16-17-15(19)24-10(2)13(20)11-5-7-12(8-6-11)18-25(3,22)23/h5-8,10,18H,4,9H2,1-3H3,(H,16,21). The van der Waals surface area contributed by atoms with E-state index in [4.69, 9.17) is 0 Å². The predicted molar refractivity (Wildman–Crippen MR) is 97.7 cm³/mol. The van der Waals surface area contributed by atoms with Crippen LogP contribution in [0.4, 0.5) is 5.69 Å². The molecule has 0 bridgehead atoms. The Kier molecular flexibility index (Phi) is 6.07. The van der Waals surface area contributed by atoms with E-state index in [1.54, 1.807) is 19.1 Å². The second-order valence-electron chi connectivity index (χ2n) is 5.54. The largest absolute Gasteiger partial charge is 0.343 e. The number of hydrogen-bond acceptors (Lipinski definition) is 6. The van der Waals surface area contributed by atoms with E-state index in [1.165, 1.54) is 28.5 Å². The molecule has 0 aliphatic heterocycles. The number of sulfonamides is 1. The monoisotopic (exact) mass is 384 g/mol. The van der Waals surface area contributed by atoms with Gasteiger partial charge in [0.15, 0.2) is 10.9 Å². The smallest absolute Gasteiger partial charge is 0.293 e. The maximum absolute atomic E-state index is 12.5. The molecule has 1 aromatic heterocycles. The molecule has 0 fully saturated rings. The number of hydrogen-bond donors (Lipinski definition) is 2. The summed E-state index contributed by atoms with van der Waals surface area (Å²) in [5.74, 6) is -0.130. The zero-order valence-electron chi connectivity index (χ0n) is 14.1. The van der Waals surface area contributed by atoms with E-state index in [0.29, 0.717) is 23.0 Å². The van der Waals surface area contributed by atoms with Crippen LogP contribution >= 0.6 is 11.8 Å². The van der Waals surface area contributed by atoms with Gasteiger partial charge < -0.3 is 0 Å². The first-order valence-electron chi connectivity index (χ1n) is 7.65. The molecule has 1 atom stereocenters. The van der Waals surface area contributed by atoms with Crippen molar-refractivity contribution in [2.45, 2.75) is 37.2 Å². The molecule has 0 saturated carbocycles. The molecule has 25 heavy (non-hydrogen) atoms. The molecular formula is C15H20N4O4S2. The van der Waals surface area contributed by atoms with Gasteiger partial charge in [0.25, 0.3) is 0 Å². The molecule has 1 heterocycles. The summed E-state index contributed by atoms with van der Waals surface area (Å²) in [6.07, 6.45) is 1.84. The van der Waals surface area contributed by atoms with E-state index in [9.17, 15) is 18.0 Å². The lowest BCUT2D eigenvalue weighted by Gasteiger charge is -2.11. The zero-order valence-corrected chi connectivity index (χ0v) is 15.8. The van der Waals surface area contributed by atoms with Crippen LogP contribution in [0.1, 0.15) is 30.6 Å². The molecule has 1 aromatic carbocycles. The SMILES string of the molecule is CCCn1c(SC(C)C(=O)c2ccc(NS(C)(=O)=O)cc2)n[nH]c1=O. The molecule has 8 nitrogen and oxygen atoms in total. The number of aromatic amines is 1. The number of carbonyl (C=O) groups excluding carboxylic acids is 1. The second-order valence-corrected chi connectivity index (χ2v) is 8.60. The average Bonchev–Trinajstić information content (AvgIpc) is 2.87. The number of rotatable bonds is 8. The fraction of sp³-hybridized carbons (Fsp3) is 0.400.